The number of hydrogen-bond donors (Lipinski definition) is 1. The SMILES string of the molecule is COC(=O)[C@@H]1N[C@@H](CC(C)(C)CCO[Si](C)(C)C(C)(C)C)[C@](C#N)(c2ccc(Cl)cc2F)[C@H]1c1cccc(Cl)c1F. The maximum absolute atomic E-state index is 15.8. The quantitative estimate of drug-likeness (QED) is 0.225. The van der Waals surface area contributed by atoms with Crippen LogP contribution in [0.2, 0.25) is 28.2 Å². The lowest BCUT2D eigenvalue weighted by atomic mass is 9.62. The van der Waals surface area contributed by atoms with Crippen molar-refractivity contribution in [3.05, 3.63) is 69.2 Å². The molecule has 224 valence electrons. The van der Waals surface area contributed by atoms with Gasteiger partial charge in [0.1, 0.15) is 23.1 Å². The van der Waals surface area contributed by atoms with Crippen LogP contribution in [0.4, 0.5) is 8.78 Å². The van der Waals surface area contributed by atoms with Crippen molar-refractivity contribution < 1.29 is 22.7 Å². The molecular weight excluding hydrogens is 585 g/mol. The van der Waals surface area contributed by atoms with E-state index in [2.05, 4.69) is 45.3 Å². The van der Waals surface area contributed by atoms with Crippen molar-refractivity contribution in [2.45, 2.75) is 89.0 Å². The van der Waals surface area contributed by atoms with Gasteiger partial charge in [0, 0.05) is 29.2 Å². The van der Waals surface area contributed by atoms with Gasteiger partial charge in [0.2, 0.25) is 0 Å². The molecule has 5 nitrogen and oxygen atoms in total. The van der Waals surface area contributed by atoms with Gasteiger partial charge in [-0.2, -0.15) is 5.26 Å². The molecule has 1 N–H and O–H groups in total. The molecule has 2 aromatic carbocycles. The summed E-state index contributed by atoms with van der Waals surface area (Å²) < 4.78 is 42.9. The predicted octanol–water partition coefficient (Wildman–Crippen LogP) is 8.16. The Balaban J connectivity index is 2.15. The molecule has 2 aromatic rings. The summed E-state index contributed by atoms with van der Waals surface area (Å²) in [5, 5.41) is 14.3. The van der Waals surface area contributed by atoms with Crippen LogP contribution in [0.15, 0.2) is 36.4 Å². The Kier molecular flexibility index (Phi) is 10.0. The molecule has 0 spiro atoms. The van der Waals surface area contributed by atoms with Crippen molar-refractivity contribution in [2.75, 3.05) is 13.7 Å². The summed E-state index contributed by atoms with van der Waals surface area (Å²) >= 11 is 12.2. The molecule has 0 bridgehead atoms. The summed E-state index contributed by atoms with van der Waals surface area (Å²) in [6.07, 6.45) is 1.01. The third-order valence-corrected chi connectivity index (χ3v) is 14.0. The van der Waals surface area contributed by atoms with Crippen molar-refractivity contribution >= 4 is 37.5 Å². The zero-order valence-electron chi connectivity index (χ0n) is 25.0. The van der Waals surface area contributed by atoms with E-state index in [9.17, 15) is 10.1 Å². The van der Waals surface area contributed by atoms with E-state index in [1.165, 1.54) is 31.4 Å². The summed E-state index contributed by atoms with van der Waals surface area (Å²) in [6.45, 7) is 15.5. The van der Waals surface area contributed by atoms with Gasteiger partial charge in [-0.1, -0.05) is 76.0 Å². The Morgan fingerprint density at radius 2 is 1.80 bits per heavy atom. The first-order chi connectivity index (χ1) is 18.9. The number of carbonyl (C=O) groups excluding carboxylic acids is 1. The highest BCUT2D eigenvalue weighted by atomic mass is 35.5. The molecule has 1 saturated heterocycles. The molecule has 1 fully saturated rings. The number of rotatable bonds is 9. The molecule has 0 aromatic heterocycles. The van der Waals surface area contributed by atoms with Crippen molar-refractivity contribution in [3.63, 3.8) is 0 Å². The lowest BCUT2D eigenvalue weighted by molar-refractivity contribution is -0.143. The average Bonchev–Trinajstić information content (AvgIpc) is 3.17. The van der Waals surface area contributed by atoms with E-state index in [0.717, 1.165) is 6.07 Å². The first kappa shape index (κ1) is 33.5. The fraction of sp³-hybridized carbons (Fsp3) is 0.548. The van der Waals surface area contributed by atoms with E-state index in [1.807, 2.05) is 13.8 Å². The second-order valence-electron chi connectivity index (χ2n) is 13.2. The normalized spacial score (nSPS) is 23.3. The summed E-state index contributed by atoms with van der Waals surface area (Å²) in [5.41, 5.74) is -2.08. The number of nitrogens with zero attached hydrogens (tertiary/aromatic N) is 1. The van der Waals surface area contributed by atoms with E-state index < -0.39 is 54.8 Å². The van der Waals surface area contributed by atoms with Crippen LogP contribution in [0.25, 0.3) is 0 Å². The molecule has 0 saturated carbocycles. The lowest BCUT2D eigenvalue weighted by Gasteiger charge is -2.40. The van der Waals surface area contributed by atoms with Gasteiger partial charge < -0.3 is 9.16 Å². The largest absolute Gasteiger partial charge is 0.468 e. The molecule has 41 heavy (non-hydrogen) atoms. The minimum Gasteiger partial charge on any atom is -0.468 e. The van der Waals surface area contributed by atoms with Gasteiger partial charge in [-0.25, -0.2) is 8.78 Å². The molecule has 0 amide bonds. The van der Waals surface area contributed by atoms with E-state index in [1.54, 1.807) is 6.07 Å². The van der Waals surface area contributed by atoms with Crippen LogP contribution in [-0.2, 0) is 19.4 Å². The molecular formula is C31H40Cl2F2N2O3Si. The van der Waals surface area contributed by atoms with Crippen molar-refractivity contribution in [2.24, 2.45) is 5.41 Å². The van der Waals surface area contributed by atoms with Crippen LogP contribution < -0.4 is 5.32 Å². The van der Waals surface area contributed by atoms with Gasteiger partial charge in [-0.3, -0.25) is 10.1 Å². The standard InChI is InChI=1S/C31H40Cl2F2N2O3Si/c1-29(2,3)41(7,8)40-15-14-30(4,5)17-24-31(18-36,21-13-12-19(32)16-23(21)34)25(27(37-24)28(38)39-6)20-10-9-11-22(33)26(20)35/h9-13,16,24-25,27,37H,14-15,17H2,1-8H3/t24-,25-,27+,31-/m0/s1. The molecule has 1 aliphatic heterocycles. The number of hydrogen-bond acceptors (Lipinski definition) is 5. The first-order valence-electron chi connectivity index (χ1n) is 13.7. The Morgan fingerprint density at radius 1 is 1.15 bits per heavy atom. The Morgan fingerprint density at radius 3 is 2.37 bits per heavy atom. The van der Waals surface area contributed by atoms with Crippen LogP contribution in [-0.4, -0.2) is 40.1 Å². The summed E-state index contributed by atoms with van der Waals surface area (Å²) in [5.74, 6) is -3.34. The monoisotopic (exact) mass is 624 g/mol. The van der Waals surface area contributed by atoms with Crippen LogP contribution in [0.3, 0.4) is 0 Å². The van der Waals surface area contributed by atoms with Gasteiger partial charge in [0.05, 0.1) is 18.2 Å². The van der Waals surface area contributed by atoms with Crippen molar-refractivity contribution in [1.82, 2.24) is 5.32 Å². The molecule has 1 aliphatic rings. The Bertz CT molecular complexity index is 1330. The number of nitrogens with one attached hydrogen (secondary N) is 1. The average molecular weight is 626 g/mol. The zero-order valence-corrected chi connectivity index (χ0v) is 27.5. The molecule has 3 rings (SSSR count). The first-order valence-corrected chi connectivity index (χ1v) is 17.4. The fourth-order valence-corrected chi connectivity index (χ4v) is 6.89. The van der Waals surface area contributed by atoms with Gasteiger partial charge in [0.15, 0.2) is 8.32 Å². The summed E-state index contributed by atoms with van der Waals surface area (Å²) in [4.78, 5) is 13.2. The highest BCUT2D eigenvalue weighted by Crippen LogP contribution is 2.53. The number of halogens is 4. The maximum atomic E-state index is 15.8. The van der Waals surface area contributed by atoms with Gasteiger partial charge in [0.25, 0.3) is 0 Å². The zero-order chi connectivity index (χ0) is 31.0. The number of benzene rings is 2. The molecule has 0 radical (unpaired) electrons. The minimum atomic E-state index is -1.99. The summed E-state index contributed by atoms with van der Waals surface area (Å²) in [6, 6.07) is 8.90. The van der Waals surface area contributed by atoms with Crippen LogP contribution in [0.5, 0.6) is 0 Å². The van der Waals surface area contributed by atoms with Crippen molar-refractivity contribution in [3.8, 4) is 6.07 Å². The smallest absolute Gasteiger partial charge is 0.323 e. The highest BCUT2D eigenvalue weighted by molar-refractivity contribution is 6.74. The van der Waals surface area contributed by atoms with Crippen LogP contribution in [0.1, 0.15) is 64.5 Å². The highest BCUT2D eigenvalue weighted by Gasteiger charge is 2.61. The lowest BCUT2D eigenvalue weighted by Crippen LogP contribution is -2.46. The van der Waals surface area contributed by atoms with Crippen LogP contribution >= 0.6 is 23.2 Å². The van der Waals surface area contributed by atoms with E-state index in [0.29, 0.717) is 19.4 Å². The molecule has 4 atom stereocenters. The van der Waals surface area contributed by atoms with E-state index in [4.69, 9.17) is 32.4 Å². The molecule has 0 aliphatic carbocycles. The summed E-state index contributed by atoms with van der Waals surface area (Å²) in [7, 11) is -0.769. The number of nitriles is 1. The predicted molar refractivity (Wildman–Crippen MR) is 162 cm³/mol. The maximum Gasteiger partial charge on any atom is 0.323 e. The minimum absolute atomic E-state index is 0.0194. The van der Waals surface area contributed by atoms with E-state index in [-0.39, 0.29) is 26.2 Å². The third-order valence-electron chi connectivity index (χ3n) is 8.89. The second-order valence-corrected chi connectivity index (χ2v) is 18.8. The topological polar surface area (TPSA) is 71.3 Å². The number of carbonyl (C=O) groups is 1. The molecule has 0 unspecified atom stereocenters. The fourth-order valence-electron chi connectivity index (χ4n) is 5.50. The van der Waals surface area contributed by atoms with Crippen LogP contribution in [0, 0.1) is 28.4 Å². The van der Waals surface area contributed by atoms with E-state index >= 15 is 8.78 Å². The molecule has 1 heterocycles. The van der Waals surface area contributed by atoms with Gasteiger partial charge in [-0.05, 0) is 60.2 Å². The second kappa shape index (κ2) is 12.3. The Labute approximate surface area is 253 Å². The number of methoxy groups -OCH3 is 1. The van der Waals surface area contributed by atoms with Crippen molar-refractivity contribution in [1.29, 1.82) is 5.26 Å². The Hall–Kier alpha value is -2.02. The number of esters is 1. The van der Waals surface area contributed by atoms with Gasteiger partial charge in [-0.15, -0.1) is 0 Å². The van der Waals surface area contributed by atoms with Gasteiger partial charge >= 0.3 is 5.97 Å². The third kappa shape index (κ3) is 6.65. The number of ether oxygens (including phenoxy) is 1. The molecule has 10 heteroatoms.